The van der Waals surface area contributed by atoms with Crippen molar-refractivity contribution >= 4 is 5.91 Å². The van der Waals surface area contributed by atoms with Gasteiger partial charge in [-0.05, 0) is 33.4 Å². The maximum Gasteiger partial charge on any atom is 0.240 e. The molecule has 2 fully saturated rings. The van der Waals surface area contributed by atoms with Crippen molar-refractivity contribution in [3.05, 3.63) is 0 Å². The molecule has 1 aliphatic carbocycles. The zero-order valence-corrected chi connectivity index (χ0v) is 11.8. The van der Waals surface area contributed by atoms with Gasteiger partial charge in [0.1, 0.15) is 0 Å². The molecule has 2 N–H and O–H groups in total. The lowest BCUT2D eigenvalue weighted by Gasteiger charge is -2.49. The number of rotatable bonds is 4. The fourth-order valence-corrected chi connectivity index (χ4v) is 2.95. The molecule has 1 atom stereocenters. The Morgan fingerprint density at radius 3 is 2.44 bits per heavy atom. The summed E-state index contributed by atoms with van der Waals surface area (Å²) in [5.41, 5.74) is 0.215. The van der Waals surface area contributed by atoms with Gasteiger partial charge in [0.15, 0.2) is 0 Å². The van der Waals surface area contributed by atoms with E-state index >= 15 is 0 Å². The molecule has 18 heavy (non-hydrogen) atoms. The van der Waals surface area contributed by atoms with E-state index < -0.39 is 0 Å². The summed E-state index contributed by atoms with van der Waals surface area (Å²) in [4.78, 5) is 16.5. The largest absolute Gasteiger partial charge is 0.343 e. The van der Waals surface area contributed by atoms with E-state index in [4.69, 9.17) is 0 Å². The van der Waals surface area contributed by atoms with Gasteiger partial charge in [0.2, 0.25) is 5.91 Å². The van der Waals surface area contributed by atoms with Gasteiger partial charge in [-0.2, -0.15) is 0 Å². The van der Waals surface area contributed by atoms with Crippen LogP contribution in [0.4, 0.5) is 0 Å². The molecule has 2 rings (SSSR count). The van der Waals surface area contributed by atoms with Crippen molar-refractivity contribution in [1.82, 2.24) is 20.4 Å². The highest BCUT2D eigenvalue weighted by atomic mass is 16.2. The van der Waals surface area contributed by atoms with E-state index in [1.807, 2.05) is 11.9 Å². The van der Waals surface area contributed by atoms with Crippen molar-refractivity contribution in [2.24, 2.45) is 0 Å². The van der Waals surface area contributed by atoms with E-state index in [0.717, 1.165) is 26.2 Å². The molecule has 0 spiro atoms. The molecule has 1 saturated carbocycles. The average molecular weight is 254 g/mol. The highest BCUT2D eigenvalue weighted by molar-refractivity contribution is 5.82. The van der Waals surface area contributed by atoms with Gasteiger partial charge >= 0.3 is 0 Å². The smallest absolute Gasteiger partial charge is 0.240 e. The summed E-state index contributed by atoms with van der Waals surface area (Å²) < 4.78 is 0. The second-order valence-corrected chi connectivity index (χ2v) is 5.88. The molecule has 104 valence electrons. The molecule has 0 aromatic heterocycles. The Bertz CT molecular complexity index is 295. The molecule has 1 aliphatic heterocycles. The first kappa shape index (κ1) is 13.8. The maximum absolute atomic E-state index is 12.3. The number of hydrogen-bond donors (Lipinski definition) is 2. The molecule has 1 heterocycles. The third-order valence-electron chi connectivity index (χ3n) is 4.48. The number of nitrogens with one attached hydrogen (secondary N) is 2. The molecule has 0 radical (unpaired) electrons. The summed E-state index contributed by atoms with van der Waals surface area (Å²) in [7, 11) is 6.18. The third kappa shape index (κ3) is 2.68. The van der Waals surface area contributed by atoms with Crippen LogP contribution in [0.1, 0.15) is 19.3 Å². The Hall–Kier alpha value is -0.650. The van der Waals surface area contributed by atoms with Gasteiger partial charge in [-0.1, -0.05) is 0 Å². The zero-order valence-electron chi connectivity index (χ0n) is 11.8. The minimum Gasteiger partial charge on any atom is -0.343 e. The maximum atomic E-state index is 12.3. The van der Waals surface area contributed by atoms with Crippen LogP contribution in [0.2, 0.25) is 0 Å². The summed E-state index contributed by atoms with van der Waals surface area (Å²) >= 11 is 0. The van der Waals surface area contributed by atoms with Gasteiger partial charge in [0.25, 0.3) is 0 Å². The minimum atomic E-state index is -0.0527. The fourth-order valence-electron chi connectivity index (χ4n) is 2.95. The van der Waals surface area contributed by atoms with Crippen LogP contribution in [0.5, 0.6) is 0 Å². The first-order valence-electron chi connectivity index (χ1n) is 6.92. The lowest BCUT2D eigenvalue weighted by Crippen LogP contribution is -2.61. The molecule has 2 aliphatic rings. The molecular formula is C13H26N4O. The number of amides is 1. The second-order valence-electron chi connectivity index (χ2n) is 5.88. The van der Waals surface area contributed by atoms with E-state index in [2.05, 4.69) is 29.6 Å². The van der Waals surface area contributed by atoms with Crippen LogP contribution >= 0.6 is 0 Å². The van der Waals surface area contributed by atoms with Crippen molar-refractivity contribution in [3.63, 3.8) is 0 Å². The van der Waals surface area contributed by atoms with Gasteiger partial charge in [-0.3, -0.25) is 4.79 Å². The van der Waals surface area contributed by atoms with Crippen LogP contribution in [-0.2, 0) is 4.79 Å². The summed E-state index contributed by atoms with van der Waals surface area (Å²) in [6, 6.07) is -0.0527. The predicted octanol–water partition coefficient (Wildman–Crippen LogP) is -0.509. The van der Waals surface area contributed by atoms with Gasteiger partial charge in [0, 0.05) is 38.8 Å². The van der Waals surface area contributed by atoms with Crippen LogP contribution in [0, 0.1) is 0 Å². The van der Waals surface area contributed by atoms with Crippen LogP contribution in [0.3, 0.4) is 0 Å². The first-order chi connectivity index (χ1) is 8.55. The summed E-state index contributed by atoms with van der Waals surface area (Å²) in [5, 5.41) is 6.55. The van der Waals surface area contributed by atoms with Crippen LogP contribution in [0.15, 0.2) is 0 Å². The van der Waals surface area contributed by atoms with Gasteiger partial charge < -0.3 is 20.4 Å². The number of carbonyl (C=O) groups excluding carboxylic acids is 1. The fraction of sp³-hybridized carbons (Fsp3) is 0.923. The van der Waals surface area contributed by atoms with E-state index in [-0.39, 0.29) is 17.5 Å². The van der Waals surface area contributed by atoms with Crippen LogP contribution < -0.4 is 10.6 Å². The Morgan fingerprint density at radius 2 is 2.00 bits per heavy atom. The van der Waals surface area contributed by atoms with E-state index in [1.54, 1.807) is 0 Å². The van der Waals surface area contributed by atoms with Crippen LogP contribution in [-0.4, -0.2) is 74.6 Å². The third-order valence-corrected chi connectivity index (χ3v) is 4.48. The van der Waals surface area contributed by atoms with Gasteiger partial charge in [-0.15, -0.1) is 0 Å². The molecule has 5 heteroatoms. The van der Waals surface area contributed by atoms with Crippen molar-refractivity contribution in [3.8, 4) is 0 Å². The van der Waals surface area contributed by atoms with Crippen molar-refractivity contribution in [2.45, 2.75) is 30.8 Å². The molecule has 0 aromatic carbocycles. The Kier molecular flexibility index (Phi) is 4.25. The van der Waals surface area contributed by atoms with E-state index in [0.29, 0.717) is 0 Å². The molecule has 1 saturated heterocycles. The highest BCUT2D eigenvalue weighted by Gasteiger charge is 2.41. The normalized spacial score (nSPS) is 26.8. The SMILES string of the molecule is CN(CC1(N(C)C)CCC1)C(=O)C1CNCCN1. The number of piperazine rings is 1. The Balaban J connectivity index is 1.90. The number of nitrogens with zero attached hydrogens (tertiary/aromatic N) is 2. The van der Waals surface area contributed by atoms with E-state index in [9.17, 15) is 4.79 Å². The van der Waals surface area contributed by atoms with Gasteiger partial charge in [-0.25, -0.2) is 0 Å². The molecule has 5 nitrogen and oxygen atoms in total. The Labute approximate surface area is 110 Å². The zero-order chi connectivity index (χ0) is 13.2. The molecule has 1 unspecified atom stereocenters. The lowest BCUT2D eigenvalue weighted by molar-refractivity contribution is -0.135. The quantitative estimate of drug-likeness (QED) is 0.709. The van der Waals surface area contributed by atoms with E-state index in [1.165, 1.54) is 19.3 Å². The molecule has 0 aromatic rings. The number of carbonyl (C=O) groups is 1. The first-order valence-corrected chi connectivity index (χ1v) is 6.92. The summed E-state index contributed by atoms with van der Waals surface area (Å²) in [6.07, 6.45) is 3.69. The molecule has 0 bridgehead atoms. The van der Waals surface area contributed by atoms with Crippen LogP contribution in [0.25, 0.3) is 0 Å². The highest BCUT2D eigenvalue weighted by Crippen LogP contribution is 2.36. The van der Waals surface area contributed by atoms with Crippen molar-refractivity contribution in [1.29, 1.82) is 0 Å². The summed E-state index contributed by atoms with van der Waals surface area (Å²) in [6.45, 7) is 3.42. The molecular weight excluding hydrogens is 228 g/mol. The summed E-state index contributed by atoms with van der Waals surface area (Å²) in [5.74, 6) is 0.218. The second kappa shape index (κ2) is 5.55. The van der Waals surface area contributed by atoms with Crippen molar-refractivity contribution in [2.75, 3.05) is 47.3 Å². The minimum absolute atomic E-state index is 0.0527. The van der Waals surface area contributed by atoms with Gasteiger partial charge in [0.05, 0.1) is 6.04 Å². The van der Waals surface area contributed by atoms with Crippen molar-refractivity contribution < 1.29 is 4.79 Å². The number of likely N-dealkylation sites (N-methyl/N-ethyl adjacent to an activating group) is 2. The topological polar surface area (TPSA) is 47.6 Å². The number of hydrogen-bond acceptors (Lipinski definition) is 4. The standard InChI is InChI=1S/C13H26N4O/c1-16(2)13(5-4-6-13)10-17(3)12(18)11-9-14-7-8-15-11/h11,14-15H,4-10H2,1-3H3. The Morgan fingerprint density at radius 1 is 1.28 bits per heavy atom. The predicted molar refractivity (Wildman–Crippen MR) is 72.6 cm³/mol. The lowest BCUT2D eigenvalue weighted by atomic mass is 9.75. The average Bonchev–Trinajstić information content (AvgIpc) is 2.33. The monoisotopic (exact) mass is 254 g/mol. The molecule has 1 amide bonds.